The third-order valence-corrected chi connectivity index (χ3v) is 3.35. The van der Waals surface area contributed by atoms with Crippen LogP contribution in [-0.4, -0.2) is 21.0 Å². The molecule has 18 heavy (non-hydrogen) atoms. The molecule has 0 saturated carbocycles. The molecule has 2 aromatic rings. The number of carboxylic acids is 1. The average molecular weight is 281 g/mol. The molecule has 6 heteroatoms. The van der Waals surface area contributed by atoms with E-state index in [4.69, 9.17) is 16.7 Å². The van der Waals surface area contributed by atoms with Crippen LogP contribution in [0.4, 0.5) is 0 Å². The number of benzene rings is 1. The lowest BCUT2D eigenvalue weighted by atomic mass is 10.2. The first-order valence-corrected chi connectivity index (χ1v) is 6.25. The Hall–Kier alpha value is -1.59. The van der Waals surface area contributed by atoms with Crippen LogP contribution in [0.2, 0.25) is 5.02 Å². The molecule has 2 rings (SSSR count). The number of hydrogen-bond acceptors (Lipinski definition) is 4. The Kier molecular flexibility index (Phi) is 3.84. The van der Waals surface area contributed by atoms with Crippen molar-refractivity contribution in [1.82, 2.24) is 9.97 Å². The van der Waals surface area contributed by atoms with Gasteiger partial charge in [0.2, 0.25) is 0 Å². The first-order valence-electron chi connectivity index (χ1n) is 5.05. The maximum atomic E-state index is 10.9. The summed E-state index contributed by atoms with van der Waals surface area (Å²) >= 11 is 7.09. The van der Waals surface area contributed by atoms with Crippen LogP contribution in [0.15, 0.2) is 40.6 Å². The highest BCUT2D eigenvalue weighted by atomic mass is 35.5. The van der Waals surface area contributed by atoms with Crippen LogP contribution in [0.3, 0.4) is 0 Å². The summed E-state index contributed by atoms with van der Waals surface area (Å²) in [6.45, 7) is 1.90. The lowest BCUT2D eigenvalue weighted by Crippen LogP contribution is -1.97. The Morgan fingerprint density at radius 2 is 2.00 bits per heavy atom. The van der Waals surface area contributed by atoms with Crippen molar-refractivity contribution < 1.29 is 9.90 Å². The van der Waals surface area contributed by atoms with Crippen molar-refractivity contribution in [3.05, 3.63) is 46.7 Å². The van der Waals surface area contributed by atoms with Gasteiger partial charge in [0.15, 0.2) is 5.16 Å². The van der Waals surface area contributed by atoms with E-state index < -0.39 is 5.97 Å². The number of hydrogen-bond donors (Lipinski definition) is 1. The molecule has 0 saturated heterocycles. The van der Waals surface area contributed by atoms with Gasteiger partial charge in [0.25, 0.3) is 0 Å². The van der Waals surface area contributed by atoms with Crippen LogP contribution >= 0.6 is 23.4 Å². The summed E-state index contributed by atoms with van der Waals surface area (Å²) < 4.78 is 0. The Morgan fingerprint density at radius 1 is 1.33 bits per heavy atom. The quantitative estimate of drug-likeness (QED) is 0.874. The van der Waals surface area contributed by atoms with E-state index in [2.05, 4.69) is 9.97 Å². The van der Waals surface area contributed by atoms with Gasteiger partial charge in [-0.3, -0.25) is 0 Å². The van der Waals surface area contributed by atoms with Crippen molar-refractivity contribution in [2.75, 3.05) is 0 Å². The summed E-state index contributed by atoms with van der Waals surface area (Å²) in [5.74, 6) is -1.05. The minimum atomic E-state index is -1.05. The van der Waals surface area contributed by atoms with E-state index in [9.17, 15) is 4.79 Å². The fourth-order valence-corrected chi connectivity index (χ4v) is 2.20. The minimum Gasteiger partial charge on any atom is -0.478 e. The van der Waals surface area contributed by atoms with Crippen LogP contribution in [0.5, 0.6) is 0 Å². The van der Waals surface area contributed by atoms with E-state index in [1.165, 1.54) is 17.8 Å². The Morgan fingerprint density at radius 3 is 2.61 bits per heavy atom. The van der Waals surface area contributed by atoms with Gasteiger partial charge in [0.05, 0.1) is 10.6 Å². The summed E-state index contributed by atoms with van der Waals surface area (Å²) in [5, 5.41) is 9.76. The predicted octanol–water partition coefficient (Wildman–Crippen LogP) is 3.29. The average Bonchev–Trinajstić information content (AvgIpc) is 2.34. The Balaban J connectivity index is 2.27. The van der Waals surface area contributed by atoms with Crippen LogP contribution in [0.1, 0.15) is 15.9 Å². The van der Waals surface area contributed by atoms with Gasteiger partial charge < -0.3 is 5.11 Å². The summed E-state index contributed by atoms with van der Waals surface area (Å²) in [4.78, 5) is 20.0. The monoisotopic (exact) mass is 280 g/mol. The zero-order valence-corrected chi connectivity index (χ0v) is 11.0. The number of aromatic nitrogens is 2. The number of carboxylic acid groups (broad SMARTS) is 1. The third kappa shape index (κ3) is 3.00. The fraction of sp³-hybridized carbons (Fsp3) is 0.0833. The van der Waals surface area contributed by atoms with Gasteiger partial charge in [0, 0.05) is 17.3 Å². The number of aromatic carboxylic acids is 1. The van der Waals surface area contributed by atoms with Crippen molar-refractivity contribution in [3.63, 3.8) is 0 Å². The zero-order chi connectivity index (χ0) is 13.1. The highest BCUT2D eigenvalue weighted by molar-refractivity contribution is 7.99. The van der Waals surface area contributed by atoms with Gasteiger partial charge in [0.1, 0.15) is 0 Å². The highest BCUT2D eigenvalue weighted by Crippen LogP contribution is 2.28. The van der Waals surface area contributed by atoms with E-state index in [0.29, 0.717) is 5.16 Å². The second-order valence-corrected chi connectivity index (χ2v) is 5.04. The van der Waals surface area contributed by atoms with Gasteiger partial charge in [-0.2, -0.15) is 0 Å². The molecule has 0 unspecified atom stereocenters. The second-order valence-electron chi connectivity index (χ2n) is 3.59. The lowest BCUT2D eigenvalue weighted by molar-refractivity contribution is 0.0697. The molecular formula is C12H9ClN2O2S. The number of aryl methyl sites for hydroxylation is 1. The fourth-order valence-electron chi connectivity index (χ4n) is 1.27. The maximum Gasteiger partial charge on any atom is 0.337 e. The molecule has 0 fully saturated rings. The van der Waals surface area contributed by atoms with Gasteiger partial charge in [-0.15, -0.1) is 0 Å². The minimum absolute atomic E-state index is 0.0776. The summed E-state index contributed by atoms with van der Waals surface area (Å²) in [6, 6.07) is 4.81. The third-order valence-electron chi connectivity index (χ3n) is 2.13. The number of rotatable bonds is 3. The topological polar surface area (TPSA) is 63.1 Å². The molecule has 0 aliphatic rings. The van der Waals surface area contributed by atoms with E-state index in [1.54, 1.807) is 24.5 Å². The lowest BCUT2D eigenvalue weighted by Gasteiger charge is -2.03. The van der Waals surface area contributed by atoms with Crippen LogP contribution in [-0.2, 0) is 0 Å². The van der Waals surface area contributed by atoms with Gasteiger partial charge in [-0.25, -0.2) is 14.8 Å². The second kappa shape index (κ2) is 5.37. The molecule has 1 N–H and O–H groups in total. The molecule has 1 aromatic carbocycles. The molecule has 1 aromatic heterocycles. The van der Waals surface area contributed by atoms with Crippen LogP contribution in [0, 0.1) is 6.92 Å². The summed E-state index contributed by atoms with van der Waals surface area (Å²) in [6.07, 6.45) is 3.42. The molecule has 0 aliphatic carbocycles. The molecule has 0 spiro atoms. The molecule has 4 nitrogen and oxygen atoms in total. The summed E-state index contributed by atoms with van der Waals surface area (Å²) in [5.41, 5.74) is 1.05. The van der Waals surface area contributed by atoms with Crippen LogP contribution < -0.4 is 0 Å². The summed E-state index contributed by atoms with van der Waals surface area (Å²) in [7, 11) is 0. The standard InChI is InChI=1S/C12H9ClN2O2S/c1-7-5-14-12(15-6-7)18-8-2-3-10(13)9(4-8)11(16)17/h2-6H,1H3,(H,16,17). The van der Waals surface area contributed by atoms with Crippen LogP contribution in [0.25, 0.3) is 0 Å². The Bertz CT molecular complexity index is 587. The normalized spacial score (nSPS) is 10.3. The van der Waals surface area contributed by atoms with Crippen molar-refractivity contribution in [3.8, 4) is 0 Å². The largest absolute Gasteiger partial charge is 0.478 e. The molecule has 0 aliphatic heterocycles. The van der Waals surface area contributed by atoms with Gasteiger partial charge >= 0.3 is 5.97 Å². The van der Waals surface area contributed by atoms with E-state index in [0.717, 1.165) is 10.5 Å². The molecule has 0 bridgehead atoms. The number of halogens is 1. The Labute approximate surface area is 113 Å². The smallest absolute Gasteiger partial charge is 0.337 e. The van der Waals surface area contributed by atoms with E-state index in [1.807, 2.05) is 6.92 Å². The van der Waals surface area contributed by atoms with Crippen molar-refractivity contribution in [2.24, 2.45) is 0 Å². The van der Waals surface area contributed by atoms with E-state index >= 15 is 0 Å². The highest BCUT2D eigenvalue weighted by Gasteiger charge is 2.10. The number of carbonyl (C=O) groups is 1. The van der Waals surface area contributed by atoms with Gasteiger partial charge in [-0.05, 0) is 42.4 Å². The molecule has 0 radical (unpaired) electrons. The van der Waals surface area contributed by atoms with Crippen molar-refractivity contribution >= 4 is 29.3 Å². The predicted molar refractivity (Wildman–Crippen MR) is 69.3 cm³/mol. The van der Waals surface area contributed by atoms with Crippen molar-refractivity contribution in [1.29, 1.82) is 0 Å². The number of nitrogens with zero attached hydrogens (tertiary/aromatic N) is 2. The SMILES string of the molecule is Cc1cnc(Sc2ccc(Cl)c(C(=O)O)c2)nc1. The molecule has 0 atom stereocenters. The maximum absolute atomic E-state index is 10.9. The first kappa shape index (κ1) is 12.9. The molecule has 0 amide bonds. The zero-order valence-electron chi connectivity index (χ0n) is 9.42. The first-order chi connectivity index (χ1) is 8.56. The van der Waals surface area contributed by atoms with Crippen molar-refractivity contribution in [2.45, 2.75) is 17.0 Å². The molecule has 1 heterocycles. The molecule has 92 valence electrons. The molecular weight excluding hydrogens is 272 g/mol. The van der Waals surface area contributed by atoms with Gasteiger partial charge in [-0.1, -0.05) is 11.6 Å². The van der Waals surface area contributed by atoms with E-state index in [-0.39, 0.29) is 10.6 Å².